The molecule has 1 N–H and O–H groups in total. The second-order valence-electron chi connectivity index (χ2n) is 4.37. The number of hydrogen-bond acceptors (Lipinski definition) is 5. The Kier molecular flexibility index (Phi) is 5.77. The molecule has 0 spiro atoms. The number of imide groups is 1. The minimum atomic E-state index is -1.38. The van der Waals surface area contributed by atoms with Crippen LogP contribution in [-0.2, 0) is 19.2 Å². The third kappa shape index (κ3) is 4.10. The second kappa shape index (κ2) is 7.10. The Morgan fingerprint density at radius 3 is 2.56 bits per heavy atom. The summed E-state index contributed by atoms with van der Waals surface area (Å²) in [5.41, 5.74) is 0. The van der Waals surface area contributed by atoms with E-state index in [1.54, 1.807) is 0 Å². The van der Waals surface area contributed by atoms with Crippen LogP contribution in [0.3, 0.4) is 0 Å². The van der Waals surface area contributed by atoms with Crippen LogP contribution in [0, 0.1) is 0 Å². The van der Waals surface area contributed by atoms with Crippen molar-refractivity contribution in [1.29, 1.82) is 0 Å². The normalized spacial score (nSPS) is 19.4. The number of aliphatic hydroxyl groups excluding tert-OH is 1. The highest BCUT2D eigenvalue weighted by Crippen LogP contribution is 2.14. The fraction of sp³-hybridized carbons (Fsp3) is 0.750. The molecule has 0 saturated carbocycles. The summed E-state index contributed by atoms with van der Waals surface area (Å²) in [6.45, 7) is 2.10. The van der Waals surface area contributed by atoms with Gasteiger partial charge < -0.3 is 9.94 Å². The first-order chi connectivity index (χ1) is 8.56. The summed E-state index contributed by atoms with van der Waals surface area (Å²) in [6.07, 6.45) is 3.40. The van der Waals surface area contributed by atoms with Crippen LogP contribution in [0.25, 0.3) is 0 Å². The van der Waals surface area contributed by atoms with Gasteiger partial charge in [-0.05, 0) is 6.42 Å². The molecular weight excluding hydrogens is 238 g/mol. The number of hydrogen-bond donors (Lipinski definition) is 1. The van der Waals surface area contributed by atoms with Gasteiger partial charge in [-0.3, -0.25) is 9.59 Å². The molecule has 0 aliphatic carbocycles. The van der Waals surface area contributed by atoms with Crippen LogP contribution < -0.4 is 0 Å². The van der Waals surface area contributed by atoms with Gasteiger partial charge in [0, 0.05) is 6.42 Å². The standard InChI is InChI=1S/C12H19NO5/c1-2-3-4-5-6-7-11(16)18-13-10(15)8-9(14)12(13)17/h9,14H,2-8H2,1H3. The molecule has 1 fully saturated rings. The number of unbranched alkanes of at least 4 members (excludes halogenated alkanes) is 4. The maximum absolute atomic E-state index is 11.4. The van der Waals surface area contributed by atoms with Crippen molar-refractivity contribution >= 4 is 17.8 Å². The molecule has 1 saturated heterocycles. The van der Waals surface area contributed by atoms with Crippen molar-refractivity contribution in [1.82, 2.24) is 5.06 Å². The summed E-state index contributed by atoms with van der Waals surface area (Å²) < 4.78 is 0. The number of carbonyl (C=O) groups excluding carboxylic acids is 3. The van der Waals surface area contributed by atoms with E-state index in [0.717, 1.165) is 25.7 Å². The van der Waals surface area contributed by atoms with Crippen LogP contribution in [-0.4, -0.2) is 34.1 Å². The van der Waals surface area contributed by atoms with Gasteiger partial charge in [-0.15, -0.1) is 0 Å². The zero-order chi connectivity index (χ0) is 13.5. The monoisotopic (exact) mass is 257 g/mol. The van der Waals surface area contributed by atoms with Crippen LogP contribution in [0.2, 0.25) is 0 Å². The van der Waals surface area contributed by atoms with Crippen molar-refractivity contribution < 1.29 is 24.3 Å². The molecule has 1 aliphatic rings. The van der Waals surface area contributed by atoms with Crippen molar-refractivity contribution in [2.75, 3.05) is 0 Å². The molecule has 0 bridgehead atoms. The van der Waals surface area contributed by atoms with Gasteiger partial charge in [-0.2, -0.15) is 0 Å². The predicted molar refractivity (Wildman–Crippen MR) is 61.9 cm³/mol. The highest BCUT2D eigenvalue weighted by Gasteiger charge is 2.40. The number of hydroxylamine groups is 2. The Labute approximate surface area is 106 Å². The Morgan fingerprint density at radius 2 is 2.00 bits per heavy atom. The van der Waals surface area contributed by atoms with Gasteiger partial charge in [0.25, 0.3) is 11.8 Å². The molecule has 0 aromatic rings. The Balaban J connectivity index is 2.24. The molecule has 1 rings (SSSR count). The molecule has 0 aromatic heterocycles. The van der Waals surface area contributed by atoms with Crippen LogP contribution in [0.4, 0.5) is 0 Å². The Hall–Kier alpha value is -1.43. The SMILES string of the molecule is CCCCCCCC(=O)ON1C(=O)CC(O)C1=O. The van der Waals surface area contributed by atoms with E-state index in [-0.39, 0.29) is 12.8 Å². The number of nitrogens with zero attached hydrogens (tertiary/aromatic N) is 1. The van der Waals surface area contributed by atoms with E-state index in [2.05, 4.69) is 11.8 Å². The van der Waals surface area contributed by atoms with Gasteiger partial charge in [0.15, 0.2) is 0 Å². The molecule has 18 heavy (non-hydrogen) atoms. The van der Waals surface area contributed by atoms with E-state index in [9.17, 15) is 14.4 Å². The lowest BCUT2D eigenvalue weighted by Crippen LogP contribution is -2.34. The van der Waals surface area contributed by atoms with Crippen LogP contribution in [0.1, 0.15) is 51.9 Å². The van der Waals surface area contributed by atoms with Crippen molar-refractivity contribution in [2.45, 2.75) is 58.0 Å². The molecule has 6 heteroatoms. The molecule has 102 valence electrons. The van der Waals surface area contributed by atoms with E-state index in [0.29, 0.717) is 11.5 Å². The summed E-state index contributed by atoms with van der Waals surface area (Å²) >= 11 is 0. The molecule has 6 nitrogen and oxygen atoms in total. The topological polar surface area (TPSA) is 83.9 Å². The van der Waals surface area contributed by atoms with Gasteiger partial charge in [-0.25, -0.2) is 4.79 Å². The summed E-state index contributed by atoms with van der Waals surface area (Å²) in [5.74, 6) is -2.14. The van der Waals surface area contributed by atoms with E-state index >= 15 is 0 Å². The van der Waals surface area contributed by atoms with E-state index < -0.39 is 23.9 Å². The lowest BCUT2D eigenvalue weighted by atomic mass is 10.1. The van der Waals surface area contributed by atoms with Gasteiger partial charge in [-0.1, -0.05) is 37.7 Å². The van der Waals surface area contributed by atoms with Crippen LogP contribution >= 0.6 is 0 Å². The fourth-order valence-corrected chi connectivity index (χ4v) is 1.71. The summed E-state index contributed by atoms with van der Waals surface area (Å²) in [6, 6.07) is 0. The zero-order valence-electron chi connectivity index (χ0n) is 10.6. The second-order valence-corrected chi connectivity index (χ2v) is 4.37. The molecule has 0 radical (unpaired) electrons. The summed E-state index contributed by atoms with van der Waals surface area (Å²) in [4.78, 5) is 38.5. The predicted octanol–water partition coefficient (Wildman–Crippen LogP) is 0.925. The Bertz CT molecular complexity index is 328. The Morgan fingerprint density at radius 1 is 1.33 bits per heavy atom. The maximum atomic E-state index is 11.4. The number of amides is 2. The fourth-order valence-electron chi connectivity index (χ4n) is 1.71. The van der Waals surface area contributed by atoms with E-state index in [1.807, 2.05) is 0 Å². The van der Waals surface area contributed by atoms with Crippen molar-refractivity contribution in [2.24, 2.45) is 0 Å². The summed E-state index contributed by atoms with van der Waals surface area (Å²) in [5, 5.41) is 9.50. The molecule has 1 atom stereocenters. The minimum Gasteiger partial charge on any atom is -0.383 e. The first kappa shape index (κ1) is 14.6. The molecule has 1 unspecified atom stereocenters. The largest absolute Gasteiger partial charge is 0.383 e. The first-order valence-electron chi connectivity index (χ1n) is 6.32. The third-order valence-corrected chi connectivity index (χ3v) is 2.76. The zero-order valence-corrected chi connectivity index (χ0v) is 10.6. The number of carbonyl (C=O) groups is 3. The molecule has 0 aromatic carbocycles. The van der Waals surface area contributed by atoms with Crippen LogP contribution in [0.15, 0.2) is 0 Å². The average molecular weight is 257 g/mol. The average Bonchev–Trinajstić information content (AvgIpc) is 2.56. The maximum Gasteiger partial charge on any atom is 0.333 e. The van der Waals surface area contributed by atoms with Gasteiger partial charge >= 0.3 is 5.97 Å². The molecular formula is C12H19NO5. The highest BCUT2D eigenvalue weighted by atomic mass is 16.7. The molecule has 1 aliphatic heterocycles. The minimum absolute atomic E-state index is 0.177. The highest BCUT2D eigenvalue weighted by molar-refractivity contribution is 6.04. The summed E-state index contributed by atoms with van der Waals surface area (Å²) in [7, 11) is 0. The molecule has 2 amide bonds. The first-order valence-corrected chi connectivity index (χ1v) is 6.32. The van der Waals surface area contributed by atoms with E-state index in [1.165, 1.54) is 0 Å². The molecule has 1 heterocycles. The quantitative estimate of drug-likeness (QED) is 0.541. The van der Waals surface area contributed by atoms with Crippen molar-refractivity contribution in [3.63, 3.8) is 0 Å². The van der Waals surface area contributed by atoms with Crippen molar-refractivity contribution in [3.8, 4) is 0 Å². The van der Waals surface area contributed by atoms with Crippen molar-refractivity contribution in [3.05, 3.63) is 0 Å². The van der Waals surface area contributed by atoms with E-state index in [4.69, 9.17) is 5.11 Å². The number of aliphatic hydroxyl groups is 1. The number of rotatable bonds is 7. The lowest BCUT2D eigenvalue weighted by molar-refractivity contribution is -0.198. The van der Waals surface area contributed by atoms with Crippen LogP contribution in [0.5, 0.6) is 0 Å². The van der Waals surface area contributed by atoms with Gasteiger partial charge in [0.2, 0.25) is 0 Å². The third-order valence-electron chi connectivity index (χ3n) is 2.76. The lowest BCUT2D eigenvalue weighted by Gasteiger charge is -2.12. The van der Waals surface area contributed by atoms with Gasteiger partial charge in [0.1, 0.15) is 6.10 Å². The van der Waals surface area contributed by atoms with Gasteiger partial charge in [0.05, 0.1) is 6.42 Å². The smallest absolute Gasteiger partial charge is 0.333 e.